The topological polar surface area (TPSA) is 43.4 Å². The minimum Gasteiger partial charge on any atom is -0.489 e. The Bertz CT molecular complexity index is 666. The van der Waals surface area contributed by atoms with Gasteiger partial charge in [0.25, 0.3) is 9.05 Å². The van der Waals surface area contributed by atoms with E-state index in [4.69, 9.17) is 15.4 Å². The molecule has 0 aliphatic rings. The molecular formula is C14H13ClO3S. The predicted octanol–water partition coefficient (Wildman–Crippen LogP) is 3.50. The van der Waals surface area contributed by atoms with Crippen LogP contribution in [-0.2, 0) is 15.7 Å². The van der Waals surface area contributed by atoms with Crippen LogP contribution in [0.3, 0.4) is 0 Å². The Morgan fingerprint density at radius 2 is 1.79 bits per heavy atom. The van der Waals surface area contributed by atoms with Gasteiger partial charge in [-0.2, -0.15) is 0 Å². The molecule has 0 amide bonds. The van der Waals surface area contributed by atoms with Gasteiger partial charge in [-0.3, -0.25) is 0 Å². The molecule has 3 nitrogen and oxygen atoms in total. The van der Waals surface area contributed by atoms with E-state index < -0.39 is 9.05 Å². The molecule has 0 heterocycles. The van der Waals surface area contributed by atoms with Crippen molar-refractivity contribution in [3.8, 4) is 5.75 Å². The first kappa shape index (κ1) is 13.9. The summed E-state index contributed by atoms with van der Waals surface area (Å²) in [6, 6.07) is 14.5. The lowest BCUT2D eigenvalue weighted by Crippen LogP contribution is -1.98. The van der Waals surface area contributed by atoms with Crippen LogP contribution in [0, 0.1) is 6.92 Å². The molecule has 0 saturated heterocycles. The summed E-state index contributed by atoms with van der Waals surface area (Å²) in [5, 5.41) is 0. The number of halogens is 1. The van der Waals surface area contributed by atoms with Crippen LogP contribution in [0.4, 0.5) is 0 Å². The lowest BCUT2D eigenvalue weighted by atomic mass is 10.2. The van der Waals surface area contributed by atoms with E-state index in [0.29, 0.717) is 17.9 Å². The van der Waals surface area contributed by atoms with Gasteiger partial charge in [0, 0.05) is 16.7 Å². The van der Waals surface area contributed by atoms with Crippen molar-refractivity contribution in [2.75, 3.05) is 0 Å². The highest BCUT2D eigenvalue weighted by atomic mass is 35.7. The lowest BCUT2D eigenvalue weighted by molar-refractivity contribution is 0.305. The van der Waals surface area contributed by atoms with Crippen molar-refractivity contribution in [2.24, 2.45) is 0 Å². The molecule has 0 unspecified atom stereocenters. The molecule has 0 radical (unpaired) electrons. The second-order valence-electron chi connectivity index (χ2n) is 4.14. The molecule has 19 heavy (non-hydrogen) atoms. The van der Waals surface area contributed by atoms with Crippen molar-refractivity contribution in [1.29, 1.82) is 0 Å². The van der Waals surface area contributed by atoms with Gasteiger partial charge in [-0.05, 0) is 24.1 Å². The largest absolute Gasteiger partial charge is 0.489 e. The number of hydrogen-bond acceptors (Lipinski definition) is 3. The third-order valence-corrected chi connectivity index (χ3v) is 4.13. The maximum absolute atomic E-state index is 11.4. The molecule has 0 N–H and O–H groups in total. The molecule has 0 spiro atoms. The fourth-order valence-corrected chi connectivity index (χ4v) is 2.88. The van der Waals surface area contributed by atoms with E-state index >= 15 is 0 Å². The van der Waals surface area contributed by atoms with E-state index in [1.165, 1.54) is 6.07 Å². The Balaban J connectivity index is 2.18. The number of rotatable bonds is 4. The maximum Gasteiger partial charge on any atom is 0.261 e. The standard InChI is InChI=1S/C14H13ClO3S/c1-11-7-8-13(9-14(11)19(15,16)17)18-10-12-5-3-2-4-6-12/h2-9H,10H2,1H3. The zero-order valence-corrected chi connectivity index (χ0v) is 11.9. The highest BCUT2D eigenvalue weighted by Crippen LogP contribution is 2.25. The average molecular weight is 297 g/mol. The summed E-state index contributed by atoms with van der Waals surface area (Å²) in [6.07, 6.45) is 0. The fraction of sp³-hybridized carbons (Fsp3) is 0.143. The summed E-state index contributed by atoms with van der Waals surface area (Å²) in [6.45, 7) is 2.07. The van der Waals surface area contributed by atoms with Crippen molar-refractivity contribution in [3.05, 3.63) is 59.7 Å². The molecule has 0 atom stereocenters. The van der Waals surface area contributed by atoms with E-state index in [-0.39, 0.29) is 4.90 Å². The number of hydrogen-bond donors (Lipinski definition) is 0. The SMILES string of the molecule is Cc1ccc(OCc2ccccc2)cc1S(=O)(=O)Cl. The summed E-state index contributed by atoms with van der Waals surface area (Å²) in [4.78, 5) is 0.0831. The number of benzene rings is 2. The highest BCUT2D eigenvalue weighted by Gasteiger charge is 2.14. The lowest BCUT2D eigenvalue weighted by Gasteiger charge is -2.09. The first-order chi connectivity index (χ1) is 8.97. The van der Waals surface area contributed by atoms with Gasteiger partial charge < -0.3 is 4.74 Å². The van der Waals surface area contributed by atoms with Crippen molar-refractivity contribution in [3.63, 3.8) is 0 Å². The zero-order chi connectivity index (χ0) is 13.9. The van der Waals surface area contributed by atoms with Crippen LogP contribution in [0.1, 0.15) is 11.1 Å². The maximum atomic E-state index is 11.4. The summed E-state index contributed by atoms with van der Waals surface area (Å²) in [5.41, 5.74) is 1.61. The minimum absolute atomic E-state index is 0.0831. The molecule has 0 aromatic heterocycles. The van der Waals surface area contributed by atoms with E-state index in [9.17, 15) is 8.42 Å². The van der Waals surface area contributed by atoms with Crippen LogP contribution >= 0.6 is 10.7 Å². The quantitative estimate of drug-likeness (QED) is 0.811. The third-order valence-electron chi connectivity index (χ3n) is 2.67. The van der Waals surface area contributed by atoms with Gasteiger partial charge in [0.15, 0.2) is 0 Å². The Morgan fingerprint density at radius 1 is 1.11 bits per heavy atom. The summed E-state index contributed by atoms with van der Waals surface area (Å²) < 4.78 is 28.3. The highest BCUT2D eigenvalue weighted by molar-refractivity contribution is 8.13. The van der Waals surface area contributed by atoms with Gasteiger partial charge in [0.2, 0.25) is 0 Å². The summed E-state index contributed by atoms with van der Waals surface area (Å²) in [5.74, 6) is 0.480. The minimum atomic E-state index is -3.75. The monoisotopic (exact) mass is 296 g/mol. The average Bonchev–Trinajstić information content (AvgIpc) is 2.37. The second-order valence-corrected chi connectivity index (χ2v) is 6.67. The van der Waals surface area contributed by atoms with E-state index in [2.05, 4.69) is 0 Å². The van der Waals surface area contributed by atoms with Crippen LogP contribution < -0.4 is 4.74 Å². The Labute approximate surface area is 117 Å². The Morgan fingerprint density at radius 3 is 2.42 bits per heavy atom. The van der Waals surface area contributed by atoms with Crippen molar-refractivity contribution >= 4 is 19.7 Å². The molecule has 0 aliphatic heterocycles. The van der Waals surface area contributed by atoms with Gasteiger partial charge >= 0.3 is 0 Å². The van der Waals surface area contributed by atoms with Crippen molar-refractivity contribution in [1.82, 2.24) is 0 Å². The smallest absolute Gasteiger partial charge is 0.261 e. The Kier molecular flexibility index (Phi) is 4.12. The predicted molar refractivity (Wildman–Crippen MR) is 75.0 cm³/mol. The first-order valence-corrected chi connectivity index (χ1v) is 8.00. The summed E-state index contributed by atoms with van der Waals surface area (Å²) >= 11 is 0. The van der Waals surface area contributed by atoms with Crippen LogP contribution in [0.2, 0.25) is 0 Å². The van der Waals surface area contributed by atoms with Crippen LogP contribution in [0.25, 0.3) is 0 Å². The van der Waals surface area contributed by atoms with Crippen LogP contribution in [0.15, 0.2) is 53.4 Å². The van der Waals surface area contributed by atoms with Crippen LogP contribution in [-0.4, -0.2) is 8.42 Å². The first-order valence-electron chi connectivity index (χ1n) is 5.69. The molecule has 2 aromatic rings. The van der Waals surface area contributed by atoms with Gasteiger partial charge in [0.05, 0.1) is 4.90 Å². The molecule has 0 fully saturated rings. The molecule has 5 heteroatoms. The second kappa shape index (κ2) is 5.63. The number of ether oxygens (including phenoxy) is 1. The molecule has 100 valence electrons. The summed E-state index contributed by atoms with van der Waals surface area (Å²) in [7, 11) is 1.62. The third kappa shape index (κ3) is 3.72. The fourth-order valence-electron chi connectivity index (χ4n) is 1.67. The van der Waals surface area contributed by atoms with Gasteiger partial charge in [-0.25, -0.2) is 8.42 Å². The van der Waals surface area contributed by atoms with Crippen molar-refractivity contribution in [2.45, 2.75) is 18.4 Å². The molecule has 0 aliphatic carbocycles. The molecule has 2 rings (SSSR count). The van der Waals surface area contributed by atoms with Gasteiger partial charge in [-0.15, -0.1) is 0 Å². The molecule has 2 aromatic carbocycles. The van der Waals surface area contributed by atoms with E-state index in [1.807, 2.05) is 30.3 Å². The van der Waals surface area contributed by atoms with Crippen molar-refractivity contribution < 1.29 is 13.2 Å². The van der Waals surface area contributed by atoms with Crippen LogP contribution in [0.5, 0.6) is 5.75 Å². The Hall–Kier alpha value is -1.52. The van der Waals surface area contributed by atoms with E-state index in [1.54, 1.807) is 19.1 Å². The molecule has 0 saturated carbocycles. The molecule has 0 bridgehead atoms. The number of aryl methyl sites for hydroxylation is 1. The van der Waals surface area contributed by atoms with E-state index in [0.717, 1.165) is 5.56 Å². The van der Waals surface area contributed by atoms with Gasteiger partial charge in [-0.1, -0.05) is 36.4 Å². The molecular weight excluding hydrogens is 284 g/mol. The van der Waals surface area contributed by atoms with Gasteiger partial charge in [0.1, 0.15) is 12.4 Å². The zero-order valence-electron chi connectivity index (χ0n) is 10.3. The normalized spacial score (nSPS) is 11.3.